The summed E-state index contributed by atoms with van der Waals surface area (Å²) in [4.78, 5) is 44.8. The fourth-order valence-corrected chi connectivity index (χ4v) is 3.21. The number of amides is 1. The first-order chi connectivity index (χ1) is 16.2. The molecule has 0 aliphatic rings. The normalized spacial score (nSPS) is 12.0. The van der Waals surface area contributed by atoms with Gasteiger partial charge in [0.2, 0.25) is 5.91 Å². The van der Waals surface area contributed by atoms with Gasteiger partial charge in [-0.05, 0) is 30.5 Å². The zero-order valence-corrected chi connectivity index (χ0v) is 20.1. The van der Waals surface area contributed by atoms with Crippen molar-refractivity contribution in [3.05, 3.63) is 60.2 Å². The highest BCUT2D eigenvalue weighted by atomic mass is 19.1. The molecular weight excluding hydrogens is 437 g/mol. The number of hydrogen-bond acceptors (Lipinski definition) is 4. The maximum Gasteiger partial charge on any atom is 0.305 e. The highest BCUT2D eigenvalue weighted by Gasteiger charge is 2.25. The van der Waals surface area contributed by atoms with Gasteiger partial charge in [0, 0.05) is 11.5 Å². The van der Waals surface area contributed by atoms with E-state index in [1.165, 1.54) is 0 Å². The predicted octanol–water partition coefficient (Wildman–Crippen LogP) is 5.26. The number of nitrogens with one attached hydrogen (secondary N) is 1. The van der Waals surface area contributed by atoms with Crippen LogP contribution in [0.5, 0.6) is 0 Å². The zero-order chi connectivity index (χ0) is 25.5. The molecule has 0 aliphatic heterocycles. The Bertz CT molecular complexity index is 945. The molecule has 2 rings (SSSR count). The average molecular weight is 472 g/mol. The summed E-state index contributed by atoms with van der Waals surface area (Å²) >= 11 is 0. The minimum absolute atomic E-state index is 0.104. The lowest BCUT2D eigenvalue weighted by molar-refractivity contribution is -0.140. The van der Waals surface area contributed by atoms with Crippen LogP contribution in [0.2, 0.25) is 0 Å². The van der Waals surface area contributed by atoms with Gasteiger partial charge in [-0.3, -0.25) is 19.2 Å². The van der Waals surface area contributed by atoms with Crippen LogP contribution >= 0.6 is 0 Å². The van der Waals surface area contributed by atoms with Gasteiger partial charge >= 0.3 is 5.97 Å². The lowest BCUT2D eigenvalue weighted by Crippen LogP contribution is -2.45. The number of ketones is 2. The van der Waals surface area contributed by atoms with Crippen LogP contribution in [0.15, 0.2) is 54.6 Å². The summed E-state index contributed by atoms with van der Waals surface area (Å²) in [6.45, 7) is 4.07. The number of unbranched alkanes of at least 4 members (excludes halogenated alkanes) is 2. The standard InChI is InChI=1S/C14H12O.C13H22FNO4/c1-11(15)13-8-5-9-14(10-13)12-6-3-2-4-7-12;1-3-4-5-6-9(2)13(19)15-10(7-12(17)18)11(16)8-14/h2-10H,1H3;9-10H,3-8H2,1-2H3,(H,15,19)(H,17,18)/t;9-,10?/m.0/s1. The molecule has 0 heterocycles. The molecule has 0 saturated heterocycles. The highest BCUT2D eigenvalue weighted by molar-refractivity contribution is 5.95. The molecule has 34 heavy (non-hydrogen) atoms. The van der Waals surface area contributed by atoms with Crippen LogP contribution in [0.1, 0.15) is 63.2 Å². The number of aliphatic carboxylic acids is 1. The quantitative estimate of drug-likeness (QED) is 0.325. The van der Waals surface area contributed by atoms with Crippen molar-refractivity contribution in [1.29, 1.82) is 0 Å². The van der Waals surface area contributed by atoms with E-state index >= 15 is 0 Å². The summed E-state index contributed by atoms with van der Waals surface area (Å²) in [5.41, 5.74) is 2.99. The molecule has 0 aliphatic carbocycles. The topological polar surface area (TPSA) is 101 Å². The number of Topliss-reactive ketones (excluding diaryl/α,β-unsaturated/α-hetero) is 2. The van der Waals surface area contributed by atoms with Crippen molar-refractivity contribution in [3.63, 3.8) is 0 Å². The number of benzene rings is 2. The highest BCUT2D eigenvalue weighted by Crippen LogP contribution is 2.20. The monoisotopic (exact) mass is 471 g/mol. The molecule has 0 spiro atoms. The van der Waals surface area contributed by atoms with E-state index in [0.717, 1.165) is 36.0 Å². The van der Waals surface area contributed by atoms with Crippen molar-refractivity contribution in [1.82, 2.24) is 5.32 Å². The summed E-state index contributed by atoms with van der Waals surface area (Å²) in [5.74, 6) is -2.76. The minimum atomic E-state index is -1.28. The summed E-state index contributed by atoms with van der Waals surface area (Å²) in [6.07, 6.45) is 3.03. The van der Waals surface area contributed by atoms with Gasteiger partial charge in [-0.25, -0.2) is 4.39 Å². The first kappa shape index (κ1) is 28.7. The molecule has 0 saturated carbocycles. The molecule has 2 aromatic rings. The Morgan fingerprint density at radius 3 is 2.18 bits per heavy atom. The Kier molecular flexibility index (Phi) is 13.1. The second-order valence-corrected chi connectivity index (χ2v) is 8.16. The van der Waals surface area contributed by atoms with Gasteiger partial charge in [-0.15, -0.1) is 0 Å². The van der Waals surface area contributed by atoms with Crippen LogP contribution in [-0.4, -0.2) is 41.3 Å². The second kappa shape index (κ2) is 15.5. The molecule has 7 heteroatoms. The predicted molar refractivity (Wildman–Crippen MR) is 130 cm³/mol. The van der Waals surface area contributed by atoms with E-state index < -0.39 is 36.8 Å². The molecule has 0 radical (unpaired) electrons. The maximum atomic E-state index is 12.3. The van der Waals surface area contributed by atoms with Gasteiger partial charge in [0.15, 0.2) is 11.6 Å². The number of rotatable bonds is 12. The summed E-state index contributed by atoms with van der Waals surface area (Å²) in [5, 5.41) is 10.9. The molecule has 184 valence electrons. The fraction of sp³-hybridized carbons (Fsp3) is 0.407. The Morgan fingerprint density at radius 1 is 0.971 bits per heavy atom. The van der Waals surface area contributed by atoms with Crippen LogP contribution in [-0.2, 0) is 14.4 Å². The summed E-state index contributed by atoms with van der Waals surface area (Å²) in [7, 11) is 0. The van der Waals surface area contributed by atoms with Gasteiger partial charge in [-0.1, -0.05) is 81.6 Å². The largest absolute Gasteiger partial charge is 0.481 e. The van der Waals surface area contributed by atoms with Crippen molar-refractivity contribution in [3.8, 4) is 11.1 Å². The third-order valence-corrected chi connectivity index (χ3v) is 5.28. The van der Waals surface area contributed by atoms with Crippen molar-refractivity contribution in [2.75, 3.05) is 6.67 Å². The third kappa shape index (κ3) is 10.5. The van der Waals surface area contributed by atoms with Gasteiger partial charge in [0.1, 0.15) is 12.7 Å². The molecule has 2 atom stereocenters. The number of alkyl halides is 1. The lowest BCUT2D eigenvalue weighted by Gasteiger charge is -2.17. The number of carbonyl (C=O) groups excluding carboxylic acids is 3. The maximum absolute atomic E-state index is 12.3. The van der Waals surface area contributed by atoms with Gasteiger partial charge < -0.3 is 10.4 Å². The van der Waals surface area contributed by atoms with Gasteiger partial charge in [0.25, 0.3) is 0 Å². The van der Waals surface area contributed by atoms with E-state index in [1.54, 1.807) is 13.8 Å². The molecule has 0 fully saturated rings. The first-order valence-electron chi connectivity index (χ1n) is 11.5. The summed E-state index contributed by atoms with van der Waals surface area (Å²) in [6, 6.07) is 16.5. The lowest BCUT2D eigenvalue weighted by atomic mass is 10.0. The second-order valence-electron chi connectivity index (χ2n) is 8.16. The van der Waals surface area contributed by atoms with Gasteiger partial charge in [-0.2, -0.15) is 0 Å². The van der Waals surface area contributed by atoms with Crippen molar-refractivity contribution >= 4 is 23.4 Å². The number of carboxylic acids is 1. The average Bonchev–Trinajstić information content (AvgIpc) is 2.83. The van der Waals surface area contributed by atoms with Crippen LogP contribution in [0, 0.1) is 5.92 Å². The van der Waals surface area contributed by atoms with Crippen molar-refractivity contribution in [2.24, 2.45) is 5.92 Å². The van der Waals surface area contributed by atoms with Crippen LogP contribution in [0.3, 0.4) is 0 Å². The van der Waals surface area contributed by atoms with Crippen molar-refractivity contribution in [2.45, 2.75) is 58.9 Å². The number of hydrogen-bond donors (Lipinski definition) is 2. The number of carbonyl (C=O) groups is 4. The molecule has 0 aromatic heterocycles. The first-order valence-corrected chi connectivity index (χ1v) is 11.5. The van der Waals surface area contributed by atoms with Crippen LogP contribution < -0.4 is 5.32 Å². The van der Waals surface area contributed by atoms with E-state index in [-0.39, 0.29) is 11.7 Å². The van der Waals surface area contributed by atoms with E-state index in [4.69, 9.17) is 5.11 Å². The smallest absolute Gasteiger partial charge is 0.305 e. The molecule has 1 amide bonds. The van der Waals surface area contributed by atoms with Gasteiger partial charge in [0.05, 0.1) is 6.42 Å². The van der Waals surface area contributed by atoms with Crippen LogP contribution in [0.25, 0.3) is 11.1 Å². The van der Waals surface area contributed by atoms with E-state index in [9.17, 15) is 23.6 Å². The van der Waals surface area contributed by atoms with E-state index in [2.05, 4.69) is 5.32 Å². The Morgan fingerprint density at radius 2 is 1.62 bits per heavy atom. The van der Waals surface area contributed by atoms with E-state index in [1.807, 2.05) is 61.5 Å². The summed E-state index contributed by atoms with van der Waals surface area (Å²) < 4.78 is 12.3. The SMILES string of the molecule is CC(=O)c1cccc(-c2ccccc2)c1.CCCCC[C@H](C)C(=O)NC(CC(=O)O)C(=O)CF. The number of carboxylic acid groups (broad SMARTS) is 1. The molecular formula is C27H34FNO5. The van der Waals surface area contributed by atoms with E-state index in [0.29, 0.717) is 6.42 Å². The Balaban J connectivity index is 0.000000347. The zero-order valence-electron chi connectivity index (χ0n) is 20.1. The molecule has 1 unspecified atom stereocenters. The Labute approximate surface area is 200 Å². The minimum Gasteiger partial charge on any atom is -0.481 e. The molecule has 6 nitrogen and oxygen atoms in total. The number of halogens is 1. The molecule has 2 aromatic carbocycles. The Hall–Kier alpha value is -3.35. The van der Waals surface area contributed by atoms with Crippen molar-refractivity contribution < 1.29 is 28.7 Å². The molecule has 0 bridgehead atoms. The van der Waals surface area contributed by atoms with Crippen LogP contribution in [0.4, 0.5) is 4.39 Å². The fourth-order valence-electron chi connectivity index (χ4n) is 3.21. The molecule has 2 N–H and O–H groups in total. The third-order valence-electron chi connectivity index (χ3n) is 5.28.